The van der Waals surface area contributed by atoms with Gasteiger partial charge in [-0.1, -0.05) is 0 Å². The molecule has 1 saturated heterocycles. The van der Waals surface area contributed by atoms with Crippen molar-refractivity contribution in [3.8, 4) is 0 Å². The summed E-state index contributed by atoms with van der Waals surface area (Å²) in [6.07, 6.45) is 0. The summed E-state index contributed by atoms with van der Waals surface area (Å²) in [4.78, 5) is 10.6. The molecule has 1 aliphatic rings. The SMILES string of the molecule is Cc1cc(C(=N)N)nc(N2CCS(=O)CC2)n1. The van der Waals surface area contributed by atoms with E-state index in [1.165, 1.54) is 0 Å². The van der Waals surface area contributed by atoms with Crippen LogP contribution in [0.1, 0.15) is 11.4 Å². The molecular formula is C10H15N5OS. The number of nitrogens with two attached hydrogens (primary N) is 1. The molecule has 0 radical (unpaired) electrons. The van der Waals surface area contributed by atoms with E-state index in [1.807, 2.05) is 11.8 Å². The lowest BCUT2D eigenvalue weighted by atomic mass is 10.3. The second kappa shape index (κ2) is 4.79. The van der Waals surface area contributed by atoms with E-state index in [9.17, 15) is 4.21 Å². The van der Waals surface area contributed by atoms with Crippen LogP contribution >= 0.6 is 0 Å². The van der Waals surface area contributed by atoms with Gasteiger partial charge in [0.2, 0.25) is 5.95 Å². The molecule has 2 rings (SSSR count). The molecule has 7 heteroatoms. The molecule has 92 valence electrons. The van der Waals surface area contributed by atoms with Gasteiger partial charge in [0, 0.05) is 41.1 Å². The molecule has 17 heavy (non-hydrogen) atoms. The van der Waals surface area contributed by atoms with Crippen LogP contribution in [0.25, 0.3) is 0 Å². The molecule has 0 saturated carbocycles. The summed E-state index contributed by atoms with van der Waals surface area (Å²) in [5.41, 5.74) is 6.66. The van der Waals surface area contributed by atoms with Gasteiger partial charge in [-0.15, -0.1) is 0 Å². The van der Waals surface area contributed by atoms with Crippen LogP contribution in [0.4, 0.5) is 5.95 Å². The number of nitrogen functional groups attached to an aromatic ring is 1. The van der Waals surface area contributed by atoms with Gasteiger partial charge in [0.1, 0.15) is 11.5 Å². The molecule has 1 aliphatic heterocycles. The molecule has 0 unspecified atom stereocenters. The van der Waals surface area contributed by atoms with Gasteiger partial charge in [0.05, 0.1) is 0 Å². The van der Waals surface area contributed by atoms with Crippen molar-refractivity contribution in [1.82, 2.24) is 9.97 Å². The first kappa shape index (κ1) is 12.0. The summed E-state index contributed by atoms with van der Waals surface area (Å²) in [5, 5.41) is 7.40. The minimum Gasteiger partial charge on any atom is -0.382 e. The fraction of sp³-hybridized carbons (Fsp3) is 0.500. The zero-order valence-electron chi connectivity index (χ0n) is 9.64. The highest BCUT2D eigenvalue weighted by Gasteiger charge is 2.18. The number of nitrogens with one attached hydrogen (secondary N) is 1. The number of nitrogens with zero attached hydrogens (tertiary/aromatic N) is 3. The van der Waals surface area contributed by atoms with E-state index < -0.39 is 10.8 Å². The first-order valence-electron chi connectivity index (χ1n) is 5.36. The Morgan fingerprint density at radius 1 is 1.47 bits per heavy atom. The number of amidine groups is 1. The molecule has 6 nitrogen and oxygen atoms in total. The molecule has 0 bridgehead atoms. The lowest BCUT2D eigenvalue weighted by Crippen LogP contribution is -2.39. The summed E-state index contributed by atoms with van der Waals surface area (Å²) in [6, 6.07) is 1.69. The van der Waals surface area contributed by atoms with Gasteiger partial charge in [-0.25, -0.2) is 9.97 Å². The molecule has 0 aromatic carbocycles. The highest BCUT2D eigenvalue weighted by atomic mass is 32.2. The Hall–Kier alpha value is -1.50. The molecular weight excluding hydrogens is 238 g/mol. The number of aromatic nitrogens is 2. The van der Waals surface area contributed by atoms with Gasteiger partial charge in [0.25, 0.3) is 0 Å². The van der Waals surface area contributed by atoms with Crippen molar-refractivity contribution in [3.05, 3.63) is 17.5 Å². The van der Waals surface area contributed by atoms with E-state index in [-0.39, 0.29) is 5.84 Å². The minimum absolute atomic E-state index is 0.0580. The van der Waals surface area contributed by atoms with E-state index in [1.54, 1.807) is 6.07 Å². The Morgan fingerprint density at radius 2 is 2.12 bits per heavy atom. The number of rotatable bonds is 2. The first-order chi connectivity index (χ1) is 8.06. The van der Waals surface area contributed by atoms with Crippen LogP contribution < -0.4 is 10.6 Å². The summed E-state index contributed by atoms with van der Waals surface area (Å²) < 4.78 is 11.3. The van der Waals surface area contributed by atoms with Crippen LogP contribution in [-0.2, 0) is 10.8 Å². The van der Waals surface area contributed by atoms with Crippen molar-refractivity contribution < 1.29 is 4.21 Å². The van der Waals surface area contributed by atoms with E-state index in [4.69, 9.17) is 11.1 Å². The van der Waals surface area contributed by atoms with Crippen LogP contribution in [0.5, 0.6) is 0 Å². The Bertz CT molecular complexity index is 466. The highest BCUT2D eigenvalue weighted by molar-refractivity contribution is 7.85. The molecule has 1 aromatic rings. The van der Waals surface area contributed by atoms with Crippen molar-refractivity contribution >= 4 is 22.6 Å². The largest absolute Gasteiger partial charge is 0.382 e. The Labute approximate surface area is 102 Å². The van der Waals surface area contributed by atoms with Crippen molar-refractivity contribution in [3.63, 3.8) is 0 Å². The van der Waals surface area contributed by atoms with E-state index >= 15 is 0 Å². The van der Waals surface area contributed by atoms with Crippen molar-refractivity contribution in [2.75, 3.05) is 29.5 Å². The van der Waals surface area contributed by atoms with E-state index in [0.717, 1.165) is 5.69 Å². The molecule has 0 atom stereocenters. The maximum atomic E-state index is 11.3. The average molecular weight is 253 g/mol. The lowest BCUT2D eigenvalue weighted by Gasteiger charge is -2.26. The molecule has 0 spiro atoms. The summed E-state index contributed by atoms with van der Waals surface area (Å²) in [7, 11) is -0.718. The topological polar surface area (TPSA) is 96.0 Å². The monoisotopic (exact) mass is 253 g/mol. The van der Waals surface area contributed by atoms with Crippen LogP contribution in [-0.4, -0.2) is 44.6 Å². The van der Waals surface area contributed by atoms with Crippen LogP contribution in [0.2, 0.25) is 0 Å². The second-order valence-corrected chi connectivity index (χ2v) is 5.64. The lowest BCUT2D eigenvalue weighted by molar-refractivity contribution is 0.671. The fourth-order valence-electron chi connectivity index (χ4n) is 1.67. The van der Waals surface area contributed by atoms with Gasteiger partial charge in [-0.2, -0.15) is 0 Å². The van der Waals surface area contributed by atoms with E-state index in [0.29, 0.717) is 36.2 Å². The molecule has 0 aliphatic carbocycles. The van der Waals surface area contributed by atoms with Gasteiger partial charge < -0.3 is 10.6 Å². The predicted octanol–water partition coefficient (Wildman–Crippen LogP) is -0.362. The minimum atomic E-state index is -0.718. The maximum absolute atomic E-state index is 11.3. The van der Waals surface area contributed by atoms with Gasteiger partial charge in [0.15, 0.2) is 0 Å². The molecule has 1 fully saturated rings. The quantitative estimate of drug-likeness (QED) is 0.554. The summed E-state index contributed by atoms with van der Waals surface area (Å²) >= 11 is 0. The Kier molecular flexibility index (Phi) is 3.37. The fourth-order valence-corrected chi connectivity index (χ4v) is 2.72. The van der Waals surface area contributed by atoms with Crippen molar-refractivity contribution in [2.24, 2.45) is 5.73 Å². The zero-order chi connectivity index (χ0) is 12.4. The Morgan fingerprint density at radius 3 is 2.71 bits per heavy atom. The molecule has 2 heterocycles. The van der Waals surface area contributed by atoms with Crippen LogP contribution in [0.3, 0.4) is 0 Å². The molecule has 3 N–H and O–H groups in total. The van der Waals surface area contributed by atoms with Crippen LogP contribution in [0, 0.1) is 12.3 Å². The summed E-state index contributed by atoms with van der Waals surface area (Å²) in [6.45, 7) is 3.22. The third-order valence-electron chi connectivity index (χ3n) is 2.58. The summed E-state index contributed by atoms with van der Waals surface area (Å²) in [5.74, 6) is 1.81. The normalized spacial score (nSPS) is 17.1. The second-order valence-electron chi connectivity index (χ2n) is 3.94. The molecule has 0 amide bonds. The van der Waals surface area contributed by atoms with Gasteiger partial charge in [-0.05, 0) is 13.0 Å². The number of aryl methyl sites for hydroxylation is 1. The van der Waals surface area contributed by atoms with Gasteiger partial charge in [-0.3, -0.25) is 9.62 Å². The third kappa shape index (κ3) is 2.79. The van der Waals surface area contributed by atoms with E-state index in [2.05, 4.69) is 9.97 Å². The van der Waals surface area contributed by atoms with Crippen molar-refractivity contribution in [2.45, 2.75) is 6.92 Å². The van der Waals surface area contributed by atoms with Gasteiger partial charge >= 0.3 is 0 Å². The number of anilines is 1. The van der Waals surface area contributed by atoms with Crippen molar-refractivity contribution in [1.29, 1.82) is 5.41 Å². The standard InChI is InChI=1S/C10H15N5OS/c1-7-6-8(9(11)12)14-10(13-7)15-2-4-17(16)5-3-15/h6H,2-5H2,1H3,(H3,11,12). The molecule has 1 aromatic heterocycles. The number of hydrogen-bond acceptors (Lipinski definition) is 5. The number of hydrogen-bond donors (Lipinski definition) is 2. The average Bonchev–Trinajstić information content (AvgIpc) is 2.29. The highest BCUT2D eigenvalue weighted by Crippen LogP contribution is 2.12. The first-order valence-corrected chi connectivity index (χ1v) is 6.85. The Balaban J connectivity index is 2.26. The third-order valence-corrected chi connectivity index (χ3v) is 3.85. The van der Waals surface area contributed by atoms with Crippen LogP contribution in [0.15, 0.2) is 6.07 Å². The predicted molar refractivity (Wildman–Crippen MR) is 67.9 cm³/mol. The maximum Gasteiger partial charge on any atom is 0.226 e. The zero-order valence-corrected chi connectivity index (χ0v) is 10.5. The smallest absolute Gasteiger partial charge is 0.226 e.